The van der Waals surface area contributed by atoms with Gasteiger partial charge in [-0.15, -0.1) is 0 Å². The number of nitrogens with one attached hydrogen (secondary N) is 1. The van der Waals surface area contributed by atoms with Gasteiger partial charge in [0.25, 0.3) is 5.91 Å². The summed E-state index contributed by atoms with van der Waals surface area (Å²) in [4.78, 5) is 20.3. The number of methoxy groups -OCH3 is 1. The summed E-state index contributed by atoms with van der Waals surface area (Å²) in [7, 11) is 1.62. The number of hydrogen-bond acceptors (Lipinski definition) is 6. The van der Waals surface area contributed by atoms with Gasteiger partial charge in [0.15, 0.2) is 0 Å². The summed E-state index contributed by atoms with van der Waals surface area (Å²) in [5, 5.41) is 3.11. The molecule has 8 heteroatoms. The molecule has 0 saturated carbocycles. The molecule has 1 aromatic carbocycles. The number of primary amides is 1. The summed E-state index contributed by atoms with van der Waals surface area (Å²) in [6, 6.07) is 4.24. The Labute approximate surface area is 158 Å². The maximum Gasteiger partial charge on any atom is 0.251 e. The lowest BCUT2D eigenvalue weighted by molar-refractivity contribution is 0.0759. The zero-order chi connectivity index (χ0) is 19.8. The molecule has 0 aliphatic carbocycles. The van der Waals surface area contributed by atoms with E-state index >= 15 is 0 Å². The van der Waals surface area contributed by atoms with Gasteiger partial charge in [0.2, 0.25) is 5.95 Å². The van der Waals surface area contributed by atoms with E-state index in [1.165, 1.54) is 12.1 Å². The fraction of sp³-hybridized carbons (Fsp3) is 0.421. The Morgan fingerprint density at radius 3 is 2.74 bits per heavy atom. The van der Waals surface area contributed by atoms with Gasteiger partial charge < -0.3 is 20.5 Å². The summed E-state index contributed by atoms with van der Waals surface area (Å²) in [6.45, 7) is 6.15. The van der Waals surface area contributed by atoms with E-state index in [-0.39, 0.29) is 11.5 Å². The van der Waals surface area contributed by atoms with Crippen LogP contribution >= 0.6 is 0 Å². The number of carbonyl (C=O) groups excluding carboxylic acids is 1. The lowest BCUT2D eigenvalue weighted by Gasteiger charge is -2.14. The van der Waals surface area contributed by atoms with E-state index in [1.54, 1.807) is 19.4 Å². The highest BCUT2D eigenvalue weighted by molar-refractivity contribution is 5.94. The molecule has 3 N–H and O–H groups in total. The maximum absolute atomic E-state index is 13.7. The van der Waals surface area contributed by atoms with Crippen LogP contribution in [0.4, 0.5) is 10.3 Å². The van der Waals surface area contributed by atoms with Crippen molar-refractivity contribution in [2.45, 2.75) is 19.8 Å². The fourth-order valence-electron chi connectivity index (χ4n) is 2.50. The number of nitrogens with two attached hydrogens (primary N) is 1. The third-order valence-electron chi connectivity index (χ3n) is 3.87. The average molecular weight is 376 g/mol. The second kappa shape index (κ2) is 9.94. The number of anilines is 1. The molecule has 0 saturated heterocycles. The molecule has 0 aliphatic heterocycles. The second-order valence-corrected chi connectivity index (χ2v) is 6.24. The van der Waals surface area contributed by atoms with Gasteiger partial charge >= 0.3 is 0 Å². The lowest BCUT2D eigenvalue weighted by Crippen LogP contribution is -2.15. The Bertz CT molecular complexity index is 784. The first-order chi connectivity index (χ1) is 12.9. The SMILES string of the molecule is COCCOCCNc1ncc(-c2ccc(F)c(C(N)=O)c2)c(C(C)C)n1. The summed E-state index contributed by atoms with van der Waals surface area (Å²) in [6.07, 6.45) is 1.66. The molecular weight excluding hydrogens is 351 g/mol. The Hall–Kier alpha value is -2.58. The standard InChI is InChI=1S/C19H25FN4O3/c1-12(2)17-15(13-4-5-16(20)14(10-13)18(21)25)11-23-19(24-17)22-6-7-27-9-8-26-3/h4-5,10-12H,6-9H2,1-3H3,(H2,21,25)(H,22,23,24). The lowest BCUT2D eigenvalue weighted by atomic mass is 9.97. The normalized spacial score (nSPS) is 11.0. The Balaban J connectivity index is 2.18. The third-order valence-corrected chi connectivity index (χ3v) is 3.87. The van der Waals surface area contributed by atoms with E-state index in [0.29, 0.717) is 37.9 Å². The molecule has 0 aliphatic rings. The van der Waals surface area contributed by atoms with Crippen LogP contribution in [0.3, 0.4) is 0 Å². The first-order valence-electron chi connectivity index (χ1n) is 8.71. The summed E-state index contributed by atoms with van der Waals surface area (Å²) >= 11 is 0. The number of amides is 1. The van der Waals surface area contributed by atoms with Gasteiger partial charge in [-0.25, -0.2) is 14.4 Å². The molecule has 0 bridgehead atoms. The van der Waals surface area contributed by atoms with Crippen molar-refractivity contribution in [1.82, 2.24) is 9.97 Å². The van der Waals surface area contributed by atoms with Crippen molar-refractivity contribution >= 4 is 11.9 Å². The van der Waals surface area contributed by atoms with Crippen LogP contribution < -0.4 is 11.1 Å². The van der Waals surface area contributed by atoms with E-state index in [1.807, 2.05) is 13.8 Å². The Morgan fingerprint density at radius 2 is 2.07 bits per heavy atom. The van der Waals surface area contributed by atoms with Crippen LogP contribution in [0, 0.1) is 5.82 Å². The minimum absolute atomic E-state index is 0.101. The molecule has 0 atom stereocenters. The van der Waals surface area contributed by atoms with Crippen molar-refractivity contribution < 1.29 is 18.7 Å². The highest BCUT2D eigenvalue weighted by Crippen LogP contribution is 2.29. The van der Waals surface area contributed by atoms with Gasteiger partial charge in [0.05, 0.1) is 31.1 Å². The zero-order valence-corrected chi connectivity index (χ0v) is 15.8. The highest BCUT2D eigenvalue weighted by atomic mass is 19.1. The van der Waals surface area contributed by atoms with E-state index < -0.39 is 11.7 Å². The van der Waals surface area contributed by atoms with Gasteiger partial charge in [0, 0.05) is 25.4 Å². The topological polar surface area (TPSA) is 99.4 Å². The smallest absolute Gasteiger partial charge is 0.251 e. The molecule has 2 rings (SSSR count). The van der Waals surface area contributed by atoms with Gasteiger partial charge in [-0.1, -0.05) is 19.9 Å². The molecule has 1 amide bonds. The van der Waals surface area contributed by atoms with Crippen LogP contribution in [-0.2, 0) is 9.47 Å². The average Bonchev–Trinajstić information content (AvgIpc) is 2.64. The molecule has 27 heavy (non-hydrogen) atoms. The van der Waals surface area contributed by atoms with Crippen LogP contribution in [0.25, 0.3) is 11.1 Å². The van der Waals surface area contributed by atoms with Gasteiger partial charge in [-0.3, -0.25) is 4.79 Å². The van der Waals surface area contributed by atoms with Crippen molar-refractivity contribution in [2.24, 2.45) is 5.73 Å². The van der Waals surface area contributed by atoms with Gasteiger partial charge in [-0.05, 0) is 23.6 Å². The maximum atomic E-state index is 13.7. The number of aromatic nitrogens is 2. The quantitative estimate of drug-likeness (QED) is 0.618. The summed E-state index contributed by atoms with van der Waals surface area (Å²) < 4.78 is 24.1. The van der Waals surface area contributed by atoms with Crippen LogP contribution in [0.15, 0.2) is 24.4 Å². The van der Waals surface area contributed by atoms with Gasteiger partial charge in [-0.2, -0.15) is 0 Å². The number of nitrogens with zero attached hydrogens (tertiary/aromatic N) is 2. The predicted octanol–water partition coefficient (Wildman–Crippen LogP) is 2.58. The number of carbonyl (C=O) groups is 1. The molecule has 146 valence electrons. The number of hydrogen-bond donors (Lipinski definition) is 2. The highest BCUT2D eigenvalue weighted by Gasteiger charge is 2.16. The molecular formula is C19H25FN4O3. The first-order valence-corrected chi connectivity index (χ1v) is 8.71. The molecule has 0 spiro atoms. The van der Waals surface area contributed by atoms with E-state index in [2.05, 4.69) is 15.3 Å². The molecule has 0 unspecified atom stereocenters. The van der Waals surface area contributed by atoms with Crippen LogP contribution in [-0.4, -0.2) is 49.4 Å². The minimum Gasteiger partial charge on any atom is -0.382 e. The van der Waals surface area contributed by atoms with Crippen molar-refractivity contribution in [3.05, 3.63) is 41.5 Å². The summed E-state index contributed by atoms with van der Waals surface area (Å²) in [5.74, 6) is -0.878. The molecule has 0 fully saturated rings. The summed E-state index contributed by atoms with van der Waals surface area (Å²) in [5.41, 5.74) is 7.25. The minimum atomic E-state index is -0.812. The van der Waals surface area contributed by atoms with Crippen molar-refractivity contribution in [3.63, 3.8) is 0 Å². The third kappa shape index (κ3) is 5.70. The van der Waals surface area contributed by atoms with E-state index in [4.69, 9.17) is 15.2 Å². The van der Waals surface area contributed by atoms with Crippen LogP contribution in [0.1, 0.15) is 35.8 Å². The van der Waals surface area contributed by atoms with Crippen LogP contribution in [0.5, 0.6) is 0 Å². The molecule has 1 aromatic heterocycles. The fourth-order valence-corrected chi connectivity index (χ4v) is 2.50. The second-order valence-electron chi connectivity index (χ2n) is 6.24. The van der Waals surface area contributed by atoms with Gasteiger partial charge in [0.1, 0.15) is 5.82 Å². The number of benzene rings is 1. The predicted molar refractivity (Wildman–Crippen MR) is 101 cm³/mol. The van der Waals surface area contributed by atoms with Crippen molar-refractivity contribution in [2.75, 3.05) is 38.8 Å². The van der Waals surface area contributed by atoms with Crippen molar-refractivity contribution in [1.29, 1.82) is 0 Å². The molecule has 7 nitrogen and oxygen atoms in total. The zero-order valence-electron chi connectivity index (χ0n) is 15.8. The monoisotopic (exact) mass is 376 g/mol. The molecule has 0 radical (unpaired) electrons. The van der Waals surface area contributed by atoms with E-state index in [9.17, 15) is 9.18 Å². The molecule has 1 heterocycles. The van der Waals surface area contributed by atoms with Crippen LogP contribution in [0.2, 0.25) is 0 Å². The number of halogens is 1. The first kappa shape index (κ1) is 20.7. The Morgan fingerprint density at radius 1 is 1.30 bits per heavy atom. The van der Waals surface area contributed by atoms with Crippen molar-refractivity contribution in [3.8, 4) is 11.1 Å². The molecule has 2 aromatic rings. The largest absolute Gasteiger partial charge is 0.382 e. The van der Waals surface area contributed by atoms with E-state index in [0.717, 1.165) is 11.3 Å². The number of ether oxygens (including phenoxy) is 2. The number of rotatable bonds is 10. The Kier molecular flexibility index (Phi) is 7.63.